The SMILES string of the molecule is CCCNc1nc(OC(C)C)nc(-n2cc(Cl)cn2)n1. The highest BCUT2D eigenvalue weighted by Crippen LogP contribution is 2.14. The van der Waals surface area contributed by atoms with Crippen LogP contribution in [0.4, 0.5) is 5.95 Å². The molecular weight excluding hydrogens is 280 g/mol. The monoisotopic (exact) mass is 296 g/mol. The van der Waals surface area contributed by atoms with Crippen molar-refractivity contribution in [1.82, 2.24) is 24.7 Å². The lowest BCUT2D eigenvalue weighted by atomic mass is 10.5. The Hall–Kier alpha value is -1.89. The van der Waals surface area contributed by atoms with E-state index in [4.69, 9.17) is 16.3 Å². The second-order valence-electron chi connectivity index (χ2n) is 4.44. The van der Waals surface area contributed by atoms with Crippen LogP contribution in [0.5, 0.6) is 6.01 Å². The lowest BCUT2D eigenvalue weighted by Crippen LogP contribution is -2.14. The van der Waals surface area contributed by atoms with Crippen molar-refractivity contribution in [2.45, 2.75) is 33.3 Å². The van der Waals surface area contributed by atoms with E-state index in [0.29, 0.717) is 16.9 Å². The van der Waals surface area contributed by atoms with E-state index in [9.17, 15) is 0 Å². The van der Waals surface area contributed by atoms with Crippen molar-refractivity contribution in [2.75, 3.05) is 11.9 Å². The van der Waals surface area contributed by atoms with E-state index in [0.717, 1.165) is 13.0 Å². The zero-order valence-corrected chi connectivity index (χ0v) is 12.4. The van der Waals surface area contributed by atoms with Crippen LogP contribution in [0, 0.1) is 0 Å². The molecule has 0 aromatic carbocycles. The van der Waals surface area contributed by atoms with Crippen LogP contribution in [0.1, 0.15) is 27.2 Å². The first-order valence-corrected chi connectivity index (χ1v) is 6.83. The molecule has 0 radical (unpaired) electrons. The first-order valence-electron chi connectivity index (χ1n) is 6.45. The predicted molar refractivity (Wildman–Crippen MR) is 76.5 cm³/mol. The first-order chi connectivity index (χ1) is 9.58. The molecule has 0 aliphatic heterocycles. The smallest absolute Gasteiger partial charge is 0.323 e. The fourth-order valence-electron chi connectivity index (χ4n) is 1.44. The molecule has 0 amide bonds. The maximum Gasteiger partial charge on any atom is 0.323 e. The van der Waals surface area contributed by atoms with Crippen LogP contribution in [0.15, 0.2) is 12.4 Å². The van der Waals surface area contributed by atoms with Crippen molar-refractivity contribution in [3.05, 3.63) is 17.4 Å². The molecule has 2 rings (SSSR count). The van der Waals surface area contributed by atoms with Crippen molar-refractivity contribution in [3.63, 3.8) is 0 Å². The van der Waals surface area contributed by atoms with Crippen LogP contribution in [0.25, 0.3) is 5.95 Å². The van der Waals surface area contributed by atoms with Gasteiger partial charge in [0.2, 0.25) is 5.95 Å². The highest BCUT2D eigenvalue weighted by molar-refractivity contribution is 6.30. The van der Waals surface area contributed by atoms with Gasteiger partial charge in [-0.05, 0) is 20.3 Å². The summed E-state index contributed by atoms with van der Waals surface area (Å²) in [6, 6.07) is 0.259. The van der Waals surface area contributed by atoms with Crippen molar-refractivity contribution in [2.24, 2.45) is 0 Å². The van der Waals surface area contributed by atoms with Gasteiger partial charge in [-0.3, -0.25) is 0 Å². The van der Waals surface area contributed by atoms with Crippen LogP contribution in [-0.2, 0) is 0 Å². The molecule has 0 saturated heterocycles. The second-order valence-corrected chi connectivity index (χ2v) is 4.87. The number of nitrogens with zero attached hydrogens (tertiary/aromatic N) is 5. The second kappa shape index (κ2) is 6.51. The number of hydrogen-bond acceptors (Lipinski definition) is 6. The number of anilines is 1. The van der Waals surface area contributed by atoms with Gasteiger partial charge in [-0.15, -0.1) is 0 Å². The van der Waals surface area contributed by atoms with Gasteiger partial charge >= 0.3 is 6.01 Å². The zero-order valence-electron chi connectivity index (χ0n) is 11.7. The maximum atomic E-state index is 5.86. The standard InChI is InChI=1S/C12H17ClN6O/c1-4-5-14-10-16-11(19-7-9(13)6-15-19)18-12(17-10)20-8(2)3/h6-8H,4-5H2,1-3H3,(H,14,16,17,18). The molecule has 2 aromatic heterocycles. The summed E-state index contributed by atoms with van der Waals surface area (Å²) in [6.45, 7) is 6.65. The number of halogens is 1. The quantitative estimate of drug-likeness (QED) is 0.881. The third-order valence-electron chi connectivity index (χ3n) is 2.23. The van der Waals surface area contributed by atoms with E-state index in [1.54, 1.807) is 6.20 Å². The number of nitrogens with one attached hydrogen (secondary N) is 1. The average molecular weight is 297 g/mol. The van der Waals surface area contributed by atoms with E-state index in [-0.39, 0.29) is 12.1 Å². The molecule has 8 heteroatoms. The Labute approximate surface area is 122 Å². The van der Waals surface area contributed by atoms with Crippen LogP contribution in [-0.4, -0.2) is 37.4 Å². The summed E-state index contributed by atoms with van der Waals surface area (Å²) in [5.41, 5.74) is 0. The summed E-state index contributed by atoms with van der Waals surface area (Å²) in [5, 5.41) is 7.70. The lowest BCUT2D eigenvalue weighted by Gasteiger charge is -2.10. The molecule has 108 valence electrons. The van der Waals surface area contributed by atoms with E-state index in [2.05, 4.69) is 32.3 Å². The molecule has 0 bridgehead atoms. The van der Waals surface area contributed by atoms with Gasteiger partial charge in [-0.2, -0.15) is 20.1 Å². The van der Waals surface area contributed by atoms with Gasteiger partial charge < -0.3 is 10.1 Å². The molecule has 0 atom stereocenters. The molecule has 2 heterocycles. The van der Waals surface area contributed by atoms with Gasteiger partial charge in [-0.1, -0.05) is 18.5 Å². The van der Waals surface area contributed by atoms with E-state index < -0.39 is 0 Å². The Morgan fingerprint density at radius 1 is 1.35 bits per heavy atom. The van der Waals surface area contributed by atoms with Gasteiger partial charge in [-0.25, -0.2) is 4.68 Å². The normalized spacial score (nSPS) is 10.8. The largest absolute Gasteiger partial charge is 0.461 e. The van der Waals surface area contributed by atoms with Crippen molar-refractivity contribution < 1.29 is 4.74 Å². The Balaban J connectivity index is 2.34. The summed E-state index contributed by atoms with van der Waals surface area (Å²) in [6.07, 6.45) is 4.09. The minimum absolute atomic E-state index is 0.0227. The number of rotatable bonds is 6. The van der Waals surface area contributed by atoms with Gasteiger partial charge in [0.05, 0.1) is 23.5 Å². The fraction of sp³-hybridized carbons (Fsp3) is 0.500. The summed E-state index contributed by atoms with van der Waals surface area (Å²) in [4.78, 5) is 12.7. The van der Waals surface area contributed by atoms with Crippen LogP contribution in [0.3, 0.4) is 0 Å². The van der Waals surface area contributed by atoms with Crippen LogP contribution in [0.2, 0.25) is 5.02 Å². The minimum Gasteiger partial charge on any atom is -0.461 e. The van der Waals surface area contributed by atoms with Crippen molar-refractivity contribution in [3.8, 4) is 12.0 Å². The minimum atomic E-state index is -0.0227. The Kier molecular flexibility index (Phi) is 4.73. The molecular formula is C12H17ClN6O. The zero-order chi connectivity index (χ0) is 14.5. The molecule has 7 nitrogen and oxygen atoms in total. The van der Waals surface area contributed by atoms with Crippen LogP contribution >= 0.6 is 11.6 Å². The predicted octanol–water partition coefficient (Wildman–Crippen LogP) is 2.32. The third-order valence-corrected chi connectivity index (χ3v) is 2.43. The maximum absolute atomic E-state index is 5.86. The Bertz CT molecular complexity index is 571. The Morgan fingerprint density at radius 3 is 2.75 bits per heavy atom. The van der Waals surface area contributed by atoms with Gasteiger partial charge in [0.25, 0.3) is 5.95 Å². The summed E-state index contributed by atoms with van der Waals surface area (Å²) >= 11 is 5.86. The Morgan fingerprint density at radius 2 is 2.15 bits per heavy atom. The number of aromatic nitrogens is 5. The fourth-order valence-corrected chi connectivity index (χ4v) is 1.57. The number of hydrogen-bond donors (Lipinski definition) is 1. The summed E-state index contributed by atoms with van der Waals surface area (Å²) in [7, 11) is 0. The summed E-state index contributed by atoms with van der Waals surface area (Å²) in [5.74, 6) is 0.820. The molecule has 1 N–H and O–H groups in total. The molecule has 0 saturated carbocycles. The molecule has 0 fully saturated rings. The van der Waals surface area contributed by atoms with Gasteiger partial charge in [0.1, 0.15) is 0 Å². The van der Waals surface area contributed by atoms with E-state index in [1.807, 2.05) is 13.8 Å². The molecule has 0 spiro atoms. The summed E-state index contributed by atoms with van der Waals surface area (Å²) < 4.78 is 7.01. The van der Waals surface area contributed by atoms with Gasteiger partial charge in [0.15, 0.2) is 0 Å². The van der Waals surface area contributed by atoms with Crippen LogP contribution < -0.4 is 10.1 Å². The van der Waals surface area contributed by atoms with E-state index >= 15 is 0 Å². The average Bonchev–Trinajstić information content (AvgIpc) is 2.82. The lowest BCUT2D eigenvalue weighted by molar-refractivity contribution is 0.221. The highest BCUT2D eigenvalue weighted by Gasteiger charge is 2.11. The van der Waals surface area contributed by atoms with Crippen molar-refractivity contribution >= 4 is 17.5 Å². The molecule has 20 heavy (non-hydrogen) atoms. The van der Waals surface area contributed by atoms with Crippen molar-refractivity contribution in [1.29, 1.82) is 0 Å². The highest BCUT2D eigenvalue weighted by atomic mass is 35.5. The third kappa shape index (κ3) is 3.80. The topological polar surface area (TPSA) is 77.8 Å². The molecule has 0 aliphatic carbocycles. The van der Waals surface area contributed by atoms with E-state index in [1.165, 1.54) is 10.9 Å². The first kappa shape index (κ1) is 14.5. The molecule has 0 unspecified atom stereocenters. The number of ether oxygens (including phenoxy) is 1. The van der Waals surface area contributed by atoms with Gasteiger partial charge in [0, 0.05) is 6.54 Å². The molecule has 0 aliphatic rings. The molecule has 2 aromatic rings.